The van der Waals surface area contributed by atoms with E-state index in [1.54, 1.807) is 24.3 Å². The normalized spacial score (nSPS) is 8.00. The second kappa shape index (κ2) is 14.0. The van der Waals surface area contributed by atoms with Gasteiger partial charge in [0.25, 0.3) is 5.91 Å². The molecular formula is C15H21Cl2N2NaO2. The molecule has 0 radical (unpaired) electrons. The summed E-state index contributed by atoms with van der Waals surface area (Å²) in [6.45, 7) is 2.08. The van der Waals surface area contributed by atoms with Gasteiger partial charge in [-0.1, -0.05) is 47.5 Å². The molecule has 0 spiro atoms. The molecule has 0 aliphatic rings. The van der Waals surface area contributed by atoms with Gasteiger partial charge in [-0.25, -0.2) is 5.84 Å². The topological polar surface area (TPSA) is 77.8 Å². The zero-order valence-electron chi connectivity index (χ0n) is 13.9. The van der Waals surface area contributed by atoms with Gasteiger partial charge in [0.2, 0.25) is 0 Å². The number of rotatable bonds is 1. The molecule has 2 rings (SSSR count). The zero-order valence-corrected chi connectivity index (χ0v) is 16.5. The fourth-order valence-electron chi connectivity index (χ4n) is 1.33. The third kappa shape index (κ3) is 10.2. The second-order valence-electron chi connectivity index (χ2n) is 4.08. The Bertz CT molecular complexity index is 529. The predicted octanol–water partition coefficient (Wildman–Crippen LogP) is -0.00568. The molecule has 0 saturated carbocycles. The van der Waals surface area contributed by atoms with Gasteiger partial charge in [-0.3, -0.25) is 9.80 Å². The molecule has 2 aromatic carbocycles. The molecule has 2 aromatic rings. The van der Waals surface area contributed by atoms with Crippen LogP contribution < -0.4 is 35.4 Å². The SMILES string of the molecule is CN(N)C(=O)c1ccc(Cl)cc1.Cc1ccccc1.Cl.O.[H-].[Na+]. The van der Waals surface area contributed by atoms with Gasteiger partial charge in [-0.2, -0.15) is 0 Å². The molecule has 0 aliphatic carbocycles. The second-order valence-corrected chi connectivity index (χ2v) is 4.51. The maximum absolute atomic E-state index is 11.2. The number of nitrogens with two attached hydrogens (primary N) is 1. The minimum Gasteiger partial charge on any atom is -1.00 e. The van der Waals surface area contributed by atoms with Crippen LogP contribution in [0.5, 0.6) is 0 Å². The number of halogens is 2. The van der Waals surface area contributed by atoms with Gasteiger partial charge in [0, 0.05) is 17.6 Å². The molecule has 0 bridgehead atoms. The number of hydrogen-bond acceptors (Lipinski definition) is 2. The number of hydrogen-bond donors (Lipinski definition) is 1. The van der Waals surface area contributed by atoms with Crippen LogP contribution in [-0.2, 0) is 0 Å². The number of carbonyl (C=O) groups excluding carboxylic acids is 1. The van der Waals surface area contributed by atoms with Gasteiger partial charge in [-0.15, -0.1) is 12.4 Å². The van der Waals surface area contributed by atoms with Gasteiger partial charge in [0.15, 0.2) is 0 Å². The summed E-state index contributed by atoms with van der Waals surface area (Å²) in [7, 11) is 1.50. The third-order valence-corrected chi connectivity index (χ3v) is 2.60. The van der Waals surface area contributed by atoms with Crippen LogP contribution in [0.1, 0.15) is 17.3 Å². The third-order valence-electron chi connectivity index (χ3n) is 2.35. The molecule has 0 aromatic heterocycles. The molecule has 7 heteroatoms. The molecule has 118 valence electrons. The Balaban J connectivity index is -0.000000145. The Morgan fingerprint density at radius 1 is 1.09 bits per heavy atom. The first-order valence-corrected chi connectivity index (χ1v) is 6.18. The van der Waals surface area contributed by atoms with Gasteiger partial charge in [0.05, 0.1) is 0 Å². The number of aryl methyl sites for hydroxylation is 1. The fraction of sp³-hybridized carbons (Fsp3) is 0.133. The summed E-state index contributed by atoms with van der Waals surface area (Å²) in [5.74, 6) is 5.03. The molecule has 1 amide bonds. The minimum atomic E-state index is -0.230. The van der Waals surface area contributed by atoms with Gasteiger partial charge < -0.3 is 6.90 Å². The quantitative estimate of drug-likeness (QED) is 0.338. The standard InChI is InChI=1S/C8H9ClN2O.C7H8.ClH.Na.H2O.H/c1-11(10)8(12)6-2-4-7(9)5-3-6;1-7-5-3-2-4-6-7;;;;/h2-5H,10H2,1H3;2-6H,1H3;1H;;1H2;/q;;;+1;;-1. The first kappa shape index (κ1) is 26.3. The van der Waals surface area contributed by atoms with E-state index in [-0.39, 0.29) is 54.8 Å². The summed E-state index contributed by atoms with van der Waals surface area (Å²) < 4.78 is 0. The van der Waals surface area contributed by atoms with Crippen molar-refractivity contribution in [1.82, 2.24) is 5.01 Å². The van der Waals surface area contributed by atoms with Crippen molar-refractivity contribution in [2.24, 2.45) is 5.84 Å². The molecule has 4 nitrogen and oxygen atoms in total. The number of benzene rings is 2. The molecule has 0 unspecified atom stereocenters. The maximum Gasteiger partial charge on any atom is 1.00 e. The van der Waals surface area contributed by atoms with Crippen LogP contribution in [0.3, 0.4) is 0 Å². The monoisotopic (exact) mass is 354 g/mol. The van der Waals surface area contributed by atoms with Crippen molar-refractivity contribution in [3.8, 4) is 0 Å². The zero-order chi connectivity index (χ0) is 14.3. The number of hydrazine groups is 1. The average Bonchev–Trinajstić information content (AvgIpc) is 2.40. The van der Waals surface area contributed by atoms with Crippen molar-refractivity contribution >= 4 is 29.9 Å². The van der Waals surface area contributed by atoms with E-state index in [0.29, 0.717) is 10.6 Å². The van der Waals surface area contributed by atoms with Crippen molar-refractivity contribution in [3.05, 3.63) is 70.7 Å². The van der Waals surface area contributed by atoms with Gasteiger partial charge in [-0.05, 0) is 31.2 Å². The Morgan fingerprint density at radius 3 is 1.86 bits per heavy atom. The largest absolute Gasteiger partial charge is 1.00 e. The summed E-state index contributed by atoms with van der Waals surface area (Å²) >= 11 is 5.64. The first-order valence-electron chi connectivity index (χ1n) is 5.80. The first-order chi connectivity index (χ1) is 9.00. The summed E-state index contributed by atoms with van der Waals surface area (Å²) in [6.07, 6.45) is 0. The Kier molecular flexibility index (Phi) is 16.8. The van der Waals surface area contributed by atoms with Crippen LogP contribution in [0.4, 0.5) is 0 Å². The molecule has 0 heterocycles. The minimum absolute atomic E-state index is 0. The molecule has 4 N–H and O–H groups in total. The van der Waals surface area contributed by atoms with E-state index >= 15 is 0 Å². The molecule has 0 fully saturated rings. The van der Waals surface area contributed by atoms with Crippen LogP contribution in [-0.4, -0.2) is 23.4 Å². The maximum atomic E-state index is 11.2. The summed E-state index contributed by atoms with van der Waals surface area (Å²) in [6, 6.07) is 16.8. The molecule has 0 saturated heterocycles. The number of amides is 1. The van der Waals surface area contributed by atoms with Crippen molar-refractivity contribution in [2.75, 3.05) is 7.05 Å². The van der Waals surface area contributed by atoms with E-state index in [2.05, 4.69) is 19.1 Å². The molecule has 0 atom stereocenters. The van der Waals surface area contributed by atoms with Crippen molar-refractivity contribution < 1.29 is 41.3 Å². The van der Waals surface area contributed by atoms with Gasteiger partial charge in [0.1, 0.15) is 0 Å². The summed E-state index contributed by atoms with van der Waals surface area (Å²) in [4.78, 5) is 11.2. The van der Waals surface area contributed by atoms with Crippen molar-refractivity contribution in [2.45, 2.75) is 6.92 Å². The predicted molar refractivity (Wildman–Crippen MR) is 90.9 cm³/mol. The van der Waals surface area contributed by atoms with E-state index in [9.17, 15) is 4.79 Å². The number of carbonyl (C=O) groups is 1. The van der Waals surface area contributed by atoms with Crippen LogP contribution in [0.25, 0.3) is 0 Å². The Hall–Kier alpha value is -0.590. The van der Waals surface area contributed by atoms with Crippen LogP contribution in [0.2, 0.25) is 5.02 Å². The van der Waals surface area contributed by atoms with E-state index in [1.807, 2.05) is 18.2 Å². The molecular weight excluding hydrogens is 334 g/mol. The number of nitrogens with zero attached hydrogens (tertiary/aromatic N) is 1. The van der Waals surface area contributed by atoms with Crippen LogP contribution in [0, 0.1) is 6.92 Å². The van der Waals surface area contributed by atoms with Gasteiger partial charge >= 0.3 is 29.6 Å². The van der Waals surface area contributed by atoms with E-state index < -0.39 is 0 Å². The van der Waals surface area contributed by atoms with Crippen molar-refractivity contribution in [1.29, 1.82) is 0 Å². The summed E-state index contributed by atoms with van der Waals surface area (Å²) in [5, 5.41) is 1.63. The van der Waals surface area contributed by atoms with Crippen molar-refractivity contribution in [3.63, 3.8) is 0 Å². The van der Waals surface area contributed by atoms with E-state index in [1.165, 1.54) is 12.6 Å². The van der Waals surface area contributed by atoms with Crippen LogP contribution in [0.15, 0.2) is 54.6 Å². The smallest absolute Gasteiger partial charge is 1.00 e. The van der Waals surface area contributed by atoms with E-state index in [4.69, 9.17) is 17.4 Å². The Morgan fingerprint density at radius 2 is 1.55 bits per heavy atom. The molecule has 0 aliphatic heterocycles. The average molecular weight is 355 g/mol. The Labute approximate surface area is 166 Å². The molecule has 22 heavy (non-hydrogen) atoms. The summed E-state index contributed by atoms with van der Waals surface area (Å²) in [5.41, 5.74) is 1.85. The van der Waals surface area contributed by atoms with Crippen LogP contribution >= 0.6 is 24.0 Å². The van der Waals surface area contributed by atoms with E-state index in [0.717, 1.165) is 5.01 Å². The fourth-order valence-corrected chi connectivity index (χ4v) is 1.46.